The van der Waals surface area contributed by atoms with E-state index in [-0.39, 0.29) is 0 Å². The van der Waals surface area contributed by atoms with Crippen molar-refractivity contribution in [3.05, 3.63) is 253 Å². The second-order valence-electron chi connectivity index (χ2n) is 18.2. The van der Waals surface area contributed by atoms with E-state index < -0.39 is 5.41 Å². The average molecular weight is 879 g/mol. The van der Waals surface area contributed by atoms with Gasteiger partial charge < -0.3 is 8.98 Å². The molecule has 1 aliphatic heterocycles. The first-order valence-corrected chi connectivity index (χ1v) is 23.5. The molecule has 320 valence electrons. The average Bonchev–Trinajstić information content (AvgIpc) is 4.08. The summed E-state index contributed by atoms with van der Waals surface area (Å²) in [6.07, 6.45) is 0. The Labute approximate surface area is 397 Å². The summed E-state index contributed by atoms with van der Waals surface area (Å²) in [6.45, 7) is 0. The monoisotopic (exact) mass is 878 g/mol. The van der Waals surface area contributed by atoms with Crippen LogP contribution in [0.15, 0.2) is 235 Å². The van der Waals surface area contributed by atoms with Crippen LogP contribution in [-0.4, -0.2) is 19.5 Å². The molecule has 2 aliphatic rings. The highest BCUT2D eigenvalue weighted by Gasteiger charge is 2.51. The third kappa shape index (κ3) is 5.27. The minimum Gasteiger partial charge on any atom is -0.455 e. The zero-order valence-electron chi connectivity index (χ0n) is 37.1. The molecule has 0 fully saturated rings. The quantitative estimate of drug-likeness (QED) is 0.173. The highest BCUT2D eigenvalue weighted by Crippen LogP contribution is 2.62. The summed E-state index contributed by atoms with van der Waals surface area (Å²) >= 11 is 0. The van der Waals surface area contributed by atoms with E-state index in [0.29, 0.717) is 17.5 Å². The van der Waals surface area contributed by atoms with Crippen LogP contribution < -0.4 is 0 Å². The summed E-state index contributed by atoms with van der Waals surface area (Å²) in [6, 6.07) is 82.6. The van der Waals surface area contributed by atoms with Crippen molar-refractivity contribution in [3.63, 3.8) is 0 Å². The summed E-state index contributed by atoms with van der Waals surface area (Å²) in [5.41, 5.74) is 18.8. The number of fused-ring (bicyclic) bond motifs is 15. The van der Waals surface area contributed by atoms with Crippen LogP contribution in [0.4, 0.5) is 0 Å². The molecule has 0 radical (unpaired) electrons. The maximum Gasteiger partial charge on any atom is 0.167 e. The predicted molar refractivity (Wildman–Crippen MR) is 279 cm³/mol. The molecule has 0 N–H and O–H groups in total. The highest BCUT2D eigenvalue weighted by atomic mass is 16.3. The first-order valence-electron chi connectivity index (χ1n) is 23.5. The van der Waals surface area contributed by atoms with Gasteiger partial charge in [0.25, 0.3) is 0 Å². The van der Waals surface area contributed by atoms with Gasteiger partial charge in [-0.2, -0.15) is 0 Å². The Morgan fingerprint density at radius 3 is 1.78 bits per heavy atom. The first kappa shape index (κ1) is 38.0. The maximum absolute atomic E-state index is 6.69. The largest absolute Gasteiger partial charge is 0.455 e. The smallest absolute Gasteiger partial charge is 0.167 e. The summed E-state index contributed by atoms with van der Waals surface area (Å²) in [5.74, 6) is 1.72. The molecule has 13 aromatic rings. The van der Waals surface area contributed by atoms with E-state index in [0.717, 1.165) is 66.4 Å². The zero-order chi connectivity index (χ0) is 45.2. The number of aromatic nitrogens is 4. The highest BCUT2D eigenvalue weighted by molar-refractivity contribution is 6.13. The molecule has 0 amide bonds. The number of benzene rings is 10. The molecule has 10 aromatic carbocycles. The van der Waals surface area contributed by atoms with Crippen molar-refractivity contribution in [1.82, 2.24) is 19.5 Å². The number of hydrogen-bond acceptors (Lipinski definition) is 4. The van der Waals surface area contributed by atoms with Crippen molar-refractivity contribution in [2.75, 3.05) is 0 Å². The molecule has 1 unspecified atom stereocenters. The SMILES string of the molecule is c1ccc(-c2ccc(-c3nc(-c4cccc5c4-c4ccccc4C54c5ccccc5-n5c6ccccc6c6cccc4c65)nc(-c4cccc5c4oc4ccccc45)n3)c(-c3ccccc3)c2)cc1. The van der Waals surface area contributed by atoms with Crippen LogP contribution in [0.5, 0.6) is 0 Å². The van der Waals surface area contributed by atoms with Crippen LogP contribution in [0.3, 0.4) is 0 Å². The number of furan rings is 1. The lowest BCUT2D eigenvalue weighted by Gasteiger charge is -2.39. The second-order valence-corrected chi connectivity index (χ2v) is 18.2. The van der Waals surface area contributed by atoms with E-state index >= 15 is 0 Å². The normalized spacial score (nSPS) is 14.4. The van der Waals surface area contributed by atoms with Gasteiger partial charge in [0.05, 0.1) is 27.7 Å². The van der Waals surface area contributed by atoms with Gasteiger partial charge in [-0.25, -0.2) is 15.0 Å². The summed E-state index contributed by atoms with van der Waals surface area (Å²) in [7, 11) is 0. The zero-order valence-corrected chi connectivity index (χ0v) is 37.1. The molecule has 0 saturated carbocycles. The molecule has 0 saturated heterocycles. The van der Waals surface area contributed by atoms with Crippen LogP contribution >= 0.6 is 0 Å². The van der Waals surface area contributed by atoms with Gasteiger partial charge in [0.1, 0.15) is 11.2 Å². The minimum atomic E-state index is -0.630. The fourth-order valence-corrected chi connectivity index (χ4v) is 11.9. The van der Waals surface area contributed by atoms with Crippen LogP contribution in [0, 0.1) is 0 Å². The van der Waals surface area contributed by atoms with Gasteiger partial charge in [-0.15, -0.1) is 0 Å². The van der Waals surface area contributed by atoms with Crippen LogP contribution in [-0.2, 0) is 5.41 Å². The fourth-order valence-electron chi connectivity index (χ4n) is 11.9. The van der Waals surface area contributed by atoms with Gasteiger partial charge in [-0.05, 0) is 92.0 Å². The standard InChI is InChI=1S/C64H38N4O/c1-3-18-39(19-4-1)41-36-37-46(50(38-41)40-20-5-2-6-21-40)61-65-62(67-63(66-61)49-28-15-26-45-43-23-9-14-35-57(43)69-60(45)49)48-27-17-31-53-58(48)47-24-7-10-29-51(47)64(53)52-30-11-13-34-56(52)68-55-33-12-8-22-42(55)44-25-16-32-54(64)59(44)68/h1-38H. The third-order valence-electron chi connectivity index (χ3n) is 14.7. The van der Waals surface area contributed by atoms with Gasteiger partial charge in [-0.3, -0.25) is 0 Å². The number of nitrogens with zero attached hydrogens (tertiary/aromatic N) is 4. The number of hydrogen-bond donors (Lipinski definition) is 0. The topological polar surface area (TPSA) is 56.7 Å². The summed E-state index contributed by atoms with van der Waals surface area (Å²) < 4.78 is 9.18. The molecular weight excluding hydrogens is 841 g/mol. The Hall–Kier alpha value is -9.19. The lowest BCUT2D eigenvalue weighted by atomic mass is 9.65. The Bertz CT molecular complexity index is 4260. The van der Waals surface area contributed by atoms with E-state index in [1.807, 2.05) is 12.1 Å². The van der Waals surface area contributed by atoms with Gasteiger partial charge in [0.2, 0.25) is 0 Å². The third-order valence-corrected chi connectivity index (χ3v) is 14.7. The van der Waals surface area contributed by atoms with Gasteiger partial charge >= 0.3 is 0 Å². The lowest BCUT2D eigenvalue weighted by Crippen LogP contribution is -2.33. The lowest BCUT2D eigenvalue weighted by molar-refractivity contribution is 0.669. The molecule has 1 aliphatic carbocycles. The molecule has 5 heteroatoms. The van der Waals surface area contributed by atoms with Crippen molar-refractivity contribution in [1.29, 1.82) is 0 Å². The molecule has 1 atom stereocenters. The van der Waals surface area contributed by atoms with Crippen molar-refractivity contribution in [3.8, 4) is 73.2 Å². The van der Waals surface area contributed by atoms with E-state index in [1.165, 1.54) is 55.3 Å². The molecule has 4 heterocycles. The van der Waals surface area contributed by atoms with Gasteiger partial charge in [0, 0.05) is 32.7 Å². The van der Waals surface area contributed by atoms with E-state index in [4.69, 9.17) is 19.4 Å². The van der Waals surface area contributed by atoms with Crippen LogP contribution in [0.25, 0.3) is 117 Å². The fraction of sp³-hybridized carbons (Fsp3) is 0.0156. The maximum atomic E-state index is 6.69. The molecule has 69 heavy (non-hydrogen) atoms. The van der Waals surface area contributed by atoms with Crippen LogP contribution in [0.1, 0.15) is 22.3 Å². The Balaban J connectivity index is 1.03. The van der Waals surface area contributed by atoms with Crippen molar-refractivity contribution in [2.45, 2.75) is 5.41 Å². The predicted octanol–water partition coefficient (Wildman–Crippen LogP) is 15.9. The van der Waals surface area contributed by atoms with Gasteiger partial charge in [-0.1, -0.05) is 194 Å². The molecule has 1 spiro atoms. The van der Waals surface area contributed by atoms with Gasteiger partial charge in [0.15, 0.2) is 17.5 Å². The molecule has 5 nitrogen and oxygen atoms in total. The van der Waals surface area contributed by atoms with Crippen molar-refractivity contribution >= 4 is 43.7 Å². The second kappa shape index (κ2) is 14.4. The van der Waals surface area contributed by atoms with Crippen molar-refractivity contribution in [2.24, 2.45) is 0 Å². The molecule has 3 aromatic heterocycles. The Morgan fingerprint density at radius 2 is 0.928 bits per heavy atom. The number of para-hydroxylation sites is 5. The summed E-state index contributed by atoms with van der Waals surface area (Å²) in [4.78, 5) is 16.6. The van der Waals surface area contributed by atoms with E-state index in [1.54, 1.807) is 0 Å². The van der Waals surface area contributed by atoms with Crippen molar-refractivity contribution < 1.29 is 4.42 Å². The first-order chi connectivity index (χ1) is 34.2. The summed E-state index contributed by atoms with van der Waals surface area (Å²) in [5, 5.41) is 4.56. The molecular formula is C64H38N4O. The number of rotatable bonds is 5. The van der Waals surface area contributed by atoms with E-state index in [9.17, 15) is 0 Å². The Morgan fingerprint density at radius 1 is 0.348 bits per heavy atom. The minimum absolute atomic E-state index is 0.543. The van der Waals surface area contributed by atoms with E-state index in [2.05, 4.69) is 223 Å². The molecule has 15 rings (SSSR count). The molecule has 0 bridgehead atoms. The Kier molecular flexibility index (Phi) is 7.93. The van der Waals surface area contributed by atoms with Crippen LogP contribution in [0.2, 0.25) is 0 Å².